The van der Waals surface area contributed by atoms with Gasteiger partial charge in [-0.1, -0.05) is 23.9 Å². The van der Waals surface area contributed by atoms with E-state index in [1.54, 1.807) is 18.0 Å². The van der Waals surface area contributed by atoms with Crippen LogP contribution in [0.4, 0.5) is 5.69 Å². The molecular formula is C12H9N3S. The van der Waals surface area contributed by atoms with E-state index in [0.29, 0.717) is 5.84 Å². The average Bonchev–Trinajstić information content (AvgIpc) is 2.45. The topological polar surface area (TPSA) is 51.3 Å². The van der Waals surface area contributed by atoms with Crippen LogP contribution in [0.15, 0.2) is 57.5 Å². The third kappa shape index (κ3) is 1.47. The Labute approximate surface area is 97.4 Å². The molecule has 0 saturated carbocycles. The van der Waals surface area contributed by atoms with Crippen molar-refractivity contribution in [3.8, 4) is 0 Å². The summed E-state index contributed by atoms with van der Waals surface area (Å²) in [5.41, 5.74) is 7.77. The Kier molecular flexibility index (Phi) is 2.15. The van der Waals surface area contributed by atoms with Crippen molar-refractivity contribution in [2.75, 3.05) is 0 Å². The van der Waals surface area contributed by atoms with Gasteiger partial charge in [0.05, 0.1) is 5.69 Å². The van der Waals surface area contributed by atoms with Crippen molar-refractivity contribution >= 4 is 23.3 Å². The van der Waals surface area contributed by atoms with Crippen molar-refractivity contribution in [1.82, 2.24) is 4.98 Å². The van der Waals surface area contributed by atoms with Gasteiger partial charge in [0.15, 0.2) is 0 Å². The maximum absolute atomic E-state index is 5.96. The minimum absolute atomic E-state index is 0.528. The number of pyridine rings is 1. The number of para-hydroxylation sites is 1. The first-order valence-electron chi connectivity index (χ1n) is 4.91. The van der Waals surface area contributed by atoms with E-state index < -0.39 is 0 Å². The summed E-state index contributed by atoms with van der Waals surface area (Å²) in [6.07, 6.45) is 1.77. The Bertz CT molecular complexity index is 578. The van der Waals surface area contributed by atoms with Crippen LogP contribution in [-0.2, 0) is 0 Å². The van der Waals surface area contributed by atoms with Crippen LogP contribution in [-0.4, -0.2) is 10.8 Å². The molecule has 0 radical (unpaired) electrons. The maximum Gasteiger partial charge on any atom is 0.134 e. The molecule has 3 nitrogen and oxygen atoms in total. The monoisotopic (exact) mass is 227 g/mol. The number of rotatable bonds is 0. The maximum atomic E-state index is 5.96. The molecule has 2 heterocycles. The van der Waals surface area contributed by atoms with Gasteiger partial charge in [0.2, 0.25) is 0 Å². The molecule has 2 N–H and O–H groups in total. The van der Waals surface area contributed by atoms with E-state index in [1.165, 1.54) is 0 Å². The van der Waals surface area contributed by atoms with E-state index in [0.717, 1.165) is 21.2 Å². The first kappa shape index (κ1) is 9.42. The van der Waals surface area contributed by atoms with Crippen LogP contribution in [0.25, 0.3) is 0 Å². The highest BCUT2D eigenvalue weighted by Crippen LogP contribution is 2.37. The zero-order valence-electron chi connectivity index (χ0n) is 8.42. The first-order chi connectivity index (χ1) is 7.84. The normalized spacial score (nSPS) is 13.4. The number of hydrogen-bond donors (Lipinski definition) is 1. The molecule has 4 heteroatoms. The lowest BCUT2D eigenvalue weighted by atomic mass is 10.2. The van der Waals surface area contributed by atoms with E-state index in [2.05, 4.69) is 9.98 Å². The highest BCUT2D eigenvalue weighted by atomic mass is 32.2. The molecule has 1 aromatic carbocycles. The lowest BCUT2D eigenvalue weighted by molar-refractivity contribution is 1.12. The van der Waals surface area contributed by atoms with Crippen molar-refractivity contribution in [2.45, 2.75) is 9.92 Å². The molecule has 0 amide bonds. The molecule has 1 aliphatic rings. The quantitative estimate of drug-likeness (QED) is 0.752. The van der Waals surface area contributed by atoms with E-state index >= 15 is 0 Å². The fourth-order valence-corrected chi connectivity index (χ4v) is 2.57. The summed E-state index contributed by atoms with van der Waals surface area (Å²) >= 11 is 1.60. The molecule has 1 aromatic heterocycles. The molecule has 0 unspecified atom stereocenters. The number of nitrogens with zero attached hydrogens (tertiary/aromatic N) is 2. The second kappa shape index (κ2) is 3.64. The molecule has 16 heavy (non-hydrogen) atoms. The fraction of sp³-hybridized carbons (Fsp3) is 0. The highest BCUT2D eigenvalue weighted by Gasteiger charge is 2.15. The van der Waals surface area contributed by atoms with Crippen molar-refractivity contribution in [3.63, 3.8) is 0 Å². The number of aromatic nitrogens is 1. The van der Waals surface area contributed by atoms with E-state index in [-0.39, 0.29) is 0 Å². The predicted octanol–water partition coefficient (Wildman–Crippen LogP) is 2.58. The lowest BCUT2D eigenvalue weighted by Gasteiger charge is -2.02. The number of benzene rings is 1. The van der Waals surface area contributed by atoms with Gasteiger partial charge in [-0.3, -0.25) is 0 Å². The molecule has 0 aliphatic carbocycles. The largest absolute Gasteiger partial charge is 0.383 e. The first-order valence-corrected chi connectivity index (χ1v) is 5.73. The molecule has 0 fully saturated rings. The van der Waals surface area contributed by atoms with E-state index in [4.69, 9.17) is 5.73 Å². The molecule has 0 saturated heterocycles. The van der Waals surface area contributed by atoms with Gasteiger partial charge in [0, 0.05) is 16.7 Å². The zero-order chi connectivity index (χ0) is 11.0. The fourth-order valence-electron chi connectivity index (χ4n) is 1.60. The van der Waals surface area contributed by atoms with Crippen molar-refractivity contribution in [3.05, 3.63) is 48.2 Å². The number of aliphatic imine (C=N–C) groups is 1. The summed E-state index contributed by atoms with van der Waals surface area (Å²) in [5, 5.41) is 0.911. The van der Waals surface area contributed by atoms with Gasteiger partial charge >= 0.3 is 0 Å². The van der Waals surface area contributed by atoms with Gasteiger partial charge in [-0.25, -0.2) is 9.98 Å². The minimum atomic E-state index is 0.528. The Morgan fingerprint density at radius 3 is 2.88 bits per heavy atom. The molecule has 78 valence electrons. The molecule has 0 atom stereocenters. The Morgan fingerprint density at radius 2 is 1.94 bits per heavy atom. The third-order valence-corrected chi connectivity index (χ3v) is 3.44. The van der Waals surface area contributed by atoms with Crippen molar-refractivity contribution < 1.29 is 0 Å². The standard InChI is InChI=1S/C12H9N3S/c13-11-8-4-3-7-14-12(8)16-10-6-2-1-5-9(10)15-11/h1-7H,(H2,13,15). The lowest BCUT2D eigenvalue weighted by Crippen LogP contribution is -2.13. The molecule has 0 bridgehead atoms. The van der Waals surface area contributed by atoms with Crippen LogP contribution in [0.1, 0.15) is 5.56 Å². The predicted molar refractivity (Wildman–Crippen MR) is 65.2 cm³/mol. The van der Waals surface area contributed by atoms with Gasteiger partial charge in [-0.15, -0.1) is 0 Å². The van der Waals surface area contributed by atoms with Crippen LogP contribution in [0.3, 0.4) is 0 Å². The molecule has 3 rings (SSSR count). The van der Waals surface area contributed by atoms with Crippen LogP contribution in [0.2, 0.25) is 0 Å². The van der Waals surface area contributed by atoms with Gasteiger partial charge in [0.1, 0.15) is 10.9 Å². The van der Waals surface area contributed by atoms with Crippen LogP contribution in [0.5, 0.6) is 0 Å². The smallest absolute Gasteiger partial charge is 0.134 e. The molecular weight excluding hydrogens is 218 g/mol. The van der Waals surface area contributed by atoms with E-state index in [1.807, 2.05) is 36.4 Å². The SMILES string of the molecule is NC1=Nc2ccccc2Sc2ncccc21. The Morgan fingerprint density at radius 1 is 1.06 bits per heavy atom. The van der Waals surface area contributed by atoms with Crippen LogP contribution < -0.4 is 5.73 Å². The third-order valence-electron chi connectivity index (χ3n) is 2.36. The van der Waals surface area contributed by atoms with Crippen molar-refractivity contribution in [1.29, 1.82) is 0 Å². The summed E-state index contributed by atoms with van der Waals surface area (Å²) in [7, 11) is 0. The number of fused-ring (bicyclic) bond motifs is 2. The Hall–Kier alpha value is -1.81. The Balaban J connectivity index is 2.25. The summed E-state index contributed by atoms with van der Waals surface area (Å²) in [6.45, 7) is 0. The summed E-state index contributed by atoms with van der Waals surface area (Å²) in [4.78, 5) is 9.83. The van der Waals surface area contributed by atoms with Crippen LogP contribution in [0, 0.1) is 0 Å². The zero-order valence-corrected chi connectivity index (χ0v) is 9.24. The minimum Gasteiger partial charge on any atom is -0.383 e. The van der Waals surface area contributed by atoms with E-state index in [9.17, 15) is 0 Å². The molecule has 1 aliphatic heterocycles. The second-order valence-corrected chi connectivity index (χ2v) is 4.45. The highest BCUT2D eigenvalue weighted by molar-refractivity contribution is 7.99. The number of amidine groups is 1. The average molecular weight is 227 g/mol. The molecule has 2 aromatic rings. The van der Waals surface area contributed by atoms with Gasteiger partial charge in [0.25, 0.3) is 0 Å². The number of nitrogens with two attached hydrogens (primary N) is 1. The van der Waals surface area contributed by atoms with Crippen LogP contribution >= 0.6 is 11.8 Å². The van der Waals surface area contributed by atoms with Crippen molar-refractivity contribution in [2.24, 2.45) is 10.7 Å². The second-order valence-electron chi connectivity index (χ2n) is 3.42. The van der Waals surface area contributed by atoms with Gasteiger partial charge in [-0.2, -0.15) is 0 Å². The molecule has 0 spiro atoms. The summed E-state index contributed by atoms with van der Waals surface area (Å²) in [5.74, 6) is 0.528. The summed E-state index contributed by atoms with van der Waals surface area (Å²) in [6, 6.07) is 11.8. The van der Waals surface area contributed by atoms with Gasteiger partial charge < -0.3 is 5.73 Å². The number of hydrogen-bond acceptors (Lipinski definition) is 4. The van der Waals surface area contributed by atoms with Gasteiger partial charge in [-0.05, 0) is 24.3 Å². The summed E-state index contributed by atoms with van der Waals surface area (Å²) < 4.78 is 0.